The Bertz CT molecular complexity index is 405. The lowest BCUT2D eigenvalue weighted by Gasteiger charge is -2.29. The van der Waals surface area contributed by atoms with Gasteiger partial charge in [0.15, 0.2) is 0 Å². The average molecular weight is 301 g/mol. The van der Waals surface area contributed by atoms with Crippen molar-refractivity contribution in [1.82, 2.24) is 0 Å². The fraction of sp³-hybridized carbons (Fsp3) is 0.364. The summed E-state index contributed by atoms with van der Waals surface area (Å²) in [7, 11) is 0. The van der Waals surface area contributed by atoms with E-state index in [-0.39, 0.29) is 0 Å². The van der Waals surface area contributed by atoms with Gasteiger partial charge in [-0.25, -0.2) is 0 Å². The first-order valence-corrected chi connectivity index (χ1v) is 6.30. The molecule has 1 fully saturated rings. The molecule has 1 aromatic carbocycles. The summed E-state index contributed by atoms with van der Waals surface area (Å²) < 4.78 is 6.35. The average Bonchev–Trinajstić information content (AvgIpc) is 2.30. The van der Waals surface area contributed by atoms with Crippen LogP contribution in [0.2, 0.25) is 0 Å². The minimum absolute atomic E-state index is 0.425. The Morgan fingerprint density at radius 1 is 1.38 bits per heavy atom. The predicted octanol–water partition coefficient (Wildman–Crippen LogP) is 1.92. The van der Waals surface area contributed by atoms with E-state index in [1.807, 2.05) is 18.2 Å². The highest BCUT2D eigenvalue weighted by Gasteiger charge is 2.14. The molecule has 16 heavy (non-hydrogen) atoms. The van der Waals surface area contributed by atoms with E-state index in [2.05, 4.69) is 20.8 Å². The number of benzene rings is 1. The number of thiocarbonyl (C=S) groups is 1. The molecule has 0 aliphatic carbocycles. The van der Waals surface area contributed by atoms with Gasteiger partial charge in [-0.05, 0) is 34.1 Å². The maximum atomic E-state index is 5.59. The second kappa shape index (κ2) is 5.12. The number of rotatable bonds is 2. The largest absolute Gasteiger partial charge is 0.389 e. The Hall–Kier alpha value is -0.650. The SMILES string of the molecule is NC(=S)c1ccc(N2CCOCC2)c(Br)c1. The summed E-state index contributed by atoms with van der Waals surface area (Å²) >= 11 is 8.50. The van der Waals surface area contributed by atoms with Crippen molar-refractivity contribution < 1.29 is 4.74 Å². The smallest absolute Gasteiger partial charge is 0.104 e. The van der Waals surface area contributed by atoms with Crippen molar-refractivity contribution in [1.29, 1.82) is 0 Å². The number of morpholine rings is 1. The van der Waals surface area contributed by atoms with Gasteiger partial charge in [0, 0.05) is 23.1 Å². The van der Waals surface area contributed by atoms with Crippen molar-refractivity contribution in [3.63, 3.8) is 0 Å². The summed E-state index contributed by atoms with van der Waals surface area (Å²) in [6.07, 6.45) is 0. The van der Waals surface area contributed by atoms with Gasteiger partial charge in [0.1, 0.15) is 4.99 Å². The predicted molar refractivity (Wildman–Crippen MR) is 73.1 cm³/mol. The van der Waals surface area contributed by atoms with Crippen LogP contribution >= 0.6 is 28.1 Å². The number of hydrogen-bond acceptors (Lipinski definition) is 3. The van der Waals surface area contributed by atoms with Crippen LogP contribution in [0.3, 0.4) is 0 Å². The van der Waals surface area contributed by atoms with Gasteiger partial charge in [-0.15, -0.1) is 0 Å². The molecule has 86 valence electrons. The highest BCUT2D eigenvalue weighted by molar-refractivity contribution is 9.10. The summed E-state index contributed by atoms with van der Waals surface area (Å²) in [6, 6.07) is 5.97. The topological polar surface area (TPSA) is 38.5 Å². The van der Waals surface area contributed by atoms with Gasteiger partial charge in [-0.3, -0.25) is 0 Å². The molecule has 2 N–H and O–H groups in total. The molecule has 0 amide bonds. The van der Waals surface area contributed by atoms with Gasteiger partial charge in [-0.1, -0.05) is 12.2 Å². The fourth-order valence-electron chi connectivity index (χ4n) is 1.72. The van der Waals surface area contributed by atoms with Gasteiger partial charge in [0.05, 0.1) is 18.9 Å². The fourth-order valence-corrected chi connectivity index (χ4v) is 2.48. The van der Waals surface area contributed by atoms with Crippen LogP contribution in [0.25, 0.3) is 0 Å². The van der Waals surface area contributed by atoms with Crippen LogP contribution in [0.4, 0.5) is 5.69 Å². The minimum Gasteiger partial charge on any atom is -0.389 e. The van der Waals surface area contributed by atoms with Crippen molar-refractivity contribution in [2.24, 2.45) is 5.73 Å². The number of nitrogens with zero attached hydrogens (tertiary/aromatic N) is 1. The number of ether oxygens (including phenoxy) is 1. The van der Waals surface area contributed by atoms with E-state index < -0.39 is 0 Å². The molecule has 0 atom stereocenters. The van der Waals surface area contributed by atoms with Gasteiger partial charge < -0.3 is 15.4 Å². The summed E-state index contributed by atoms with van der Waals surface area (Å²) in [6.45, 7) is 3.41. The van der Waals surface area contributed by atoms with Crippen LogP contribution in [-0.4, -0.2) is 31.3 Å². The monoisotopic (exact) mass is 300 g/mol. The molecule has 0 aromatic heterocycles. The van der Waals surface area contributed by atoms with Crippen molar-refractivity contribution in [3.8, 4) is 0 Å². The van der Waals surface area contributed by atoms with Gasteiger partial charge >= 0.3 is 0 Å². The van der Waals surface area contributed by atoms with E-state index >= 15 is 0 Å². The second-order valence-electron chi connectivity index (χ2n) is 3.63. The molecule has 0 spiro atoms. The summed E-state index contributed by atoms with van der Waals surface area (Å²) in [5, 5.41) is 0. The zero-order chi connectivity index (χ0) is 11.5. The van der Waals surface area contributed by atoms with Crippen LogP contribution < -0.4 is 10.6 Å². The van der Waals surface area contributed by atoms with Crippen molar-refractivity contribution in [2.45, 2.75) is 0 Å². The molecule has 1 aromatic rings. The molecular weight excluding hydrogens is 288 g/mol. The third kappa shape index (κ3) is 2.53. The highest BCUT2D eigenvalue weighted by atomic mass is 79.9. The Kier molecular flexibility index (Phi) is 3.78. The summed E-state index contributed by atoms with van der Waals surface area (Å²) in [5.74, 6) is 0. The van der Waals surface area contributed by atoms with Gasteiger partial charge in [-0.2, -0.15) is 0 Å². The standard InChI is InChI=1S/C11H13BrN2OS/c12-9-7-8(11(13)16)1-2-10(9)14-3-5-15-6-4-14/h1-2,7H,3-6H2,(H2,13,16). The van der Waals surface area contributed by atoms with E-state index in [9.17, 15) is 0 Å². The van der Waals surface area contributed by atoms with E-state index in [0.717, 1.165) is 36.3 Å². The van der Waals surface area contributed by atoms with Crippen LogP contribution in [0.15, 0.2) is 22.7 Å². The normalized spacial score (nSPS) is 16.2. The first-order valence-electron chi connectivity index (χ1n) is 5.10. The molecule has 1 aliphatic heterocycles. The quantitative estimate of drug-likeness (QED) is 0.847. The number of anilines is 1. The molecule has 0 saturated carbocycles. The van der Waals surface area contributed by atoms with Crippen LogP contribution in [0.1, 0.15) is 5.56 Å². The first kappa shape index (κ1) is 11.8. The minimum atomic E-state index is 0.425. The lowest BCUT2D eigenvalue weighted by Crippen LogP contribution is -2.36. The molecule has 1 heterocycles. The van der Waals surface area contributed by atoms with Crippen molar-refractivity contribution in [2.75, 3.05) is 31.2 Å². The van der Waals surface area contributed by atoms with Crippen LogP contribution in [-0.2, 0) is 4.74 Å². The zero-order valence-electron chi connectivity index (χ0n) is 8.78. The number of halogens is 1. The van der Waals surface area contributed by atoms with E-state index in [1.165, 1.54) is 5.69 Å². The lowest BCUT2D eigenvalue weighted by molar-refractivity contribution is 0.122. The number of nitrogens with two attached hydrogens (primary N) is 1. The Balaban J connectivity index is 2.24. The lowest BCUT2D eigenvalue weighted by atomic mass is 10.2. The second-order valence-corrected chi connectivity index (χ2v) is 4.92. The molecule has 0 bridgehead atoms. The van der Waals surface area contributed by atoms with E-state index in [1.54, 1.807) is 0 Å². The molecule has 0 unspecified atom stereocenters. The molecule has 5 heteroatoms. The van der Waals surface area contributed by atoms with Gasteiger partial charge in [0.2, 0.25) is 0 Å². The molecule has 0 radical (unpaired) electrons. The van der Waals surface area contributed by atoms with E-state index in [4.69, 9.17) is 22.7 Å². The maximum absolute atomic E-state index is 5.59. The zero-order valence-corrected chi connectivity index (χ0v) is 11.2. The first-order chi connectivity index (χ1) is 7.68. The summed E-state index contributed by atoms with van der Waals surface area (Å²) in [5.41, 5.74) is 7.65. The molecule has 3 nitrogen and oxygen atoms in total. The molecular formula is C11H13BrN2OS. The molecule has 1 aliphatic rings. The molecule has 2 rings (SSSR count). The van der Waals surface area contributed by atoms with Crippen molar-refractivity contribution >= 4 is 38.8 Å². The van der Waals surface area contributed by atoms with Crippen molar-refractivity contribution in [3.05, 3.63) is 28.2 Å². The Labute approximate surface area is 109 Å². The Morgan fingerprint density at radius 3 is 2.62 bits per heavy atom. The van der Waals surface area contributed by atoms with E-state index in [0.29, 0.717) is 4.99 Å². The maximum Gasteiger partial charge on any atom is 0.104 e. The van der Waals surface area contributed by atoms with Crippen LogP contribution in [0, 0.1) is 0 Å². The highest BCUT2D eigenvalue weighted by Crippen LogP contribution is 2.27. The number of hydrogen-bond donors (Lipinski definition) is 1. The van der Waals surface area contributed by atoms with Crippen LogP contribution in [0.5, 0.6) is 0 Å². The summed E-state index contributed by atoms with van der Waals surface area (Å²) in [4.78, 5) is 2.71. The molecule has 1 saturated heterocycles. The third-order valence-corrected chi connectivity index (χ3v) is 3.45. The van der Waals surface area contributed by atoms with Gasteiger partial charge in [0.25, 0.3) is 0 Å². The Morgan fingerprint density at radius 2 is 2.06 bits per heavy atom. The third-order valence-electron chi connectivity index (χ3n) is 2.58.